The first-order valence-electron chi connectivity index (χ1n) is 10.4. The van der Waals surface area contributed by atoms with Gasteiger partial charge in [-0.25, -0.2) is 0 Å². The molecule has 1 aromatic carbocycles. The second-order valence-electron chi connectivity index (χ2n) is 8.32. The number of halogens is 2. The number of carboxylic acid groups (broad SMARTS) is 1. The Hall–Kier alpha value is -1.94. The second kappa shape index (κ2) is 8.78. The molecule has 2 N–H and O–H groups in total. The highest BCUT2D eigenvalue weighted by atomic mass is 79.9. The van der Waals surface area contributed by atoms with Crippen molar-refractivity contribution in [2.24, 2.45) is 11.8 Å². The average Bonchev–Trinajstić information content (AvgIpc) is 3.34. The molecule has 3 aliphatic rings. The minimum absolute atomic E-state index is 0.125. The highest BCUT2D eigenvalue weighted by Gasteiger charge is 2.76. The van der Waals surface area contributed by atoms with Crippen molar-refractivity contribution in [3.05, 3.63) is 41.9 Å². The van der Waals surface area contributed by atoms with Gasteiger partial charge in [0.25, 0.3) is 5.91 Å². The maximum Gasteiger partial charge on any atom is 0.310 e. The SMILES string of the molecule is C=CCN(C(=O)[C@@H]1N(CCCO)C(=O)[C@H]2[C@H](C(=O)O)[C@H]3O[C@@]12CC3Br)c1ccc(Cl)cc1. The van der Waals surface area contributed by atoms with Crippen LogP contribution in [0.25, 0.3) is 0 Å². The van der Waals surface area contributed by atoms with Crippen LogP contribution in [0.1, 0.15) is 12.8 Å². The molecule has 6 atom stereocenters. The molecule has 0 aliphatic carbocycles. The van der Waals surface area contributed by atoms with Crippen LogP contribution in [-0.2, 0) is 19.1 Å². The Morgan fingerprint density at radius 3 is 2.66 bits per heavy atom. The zero-order chi connectivity index (χ0) is 23.2. The van der Waals surface area contributed by atoms with Crippen LogP contribution in [0.3, 0.4) is 0 Å². The first-order chi connectivity index (χ1) is 15.3. The molecule has 1 unspecified atom stereocenters. The summed E-state index contributed by atoms with van der Waals surface area (Å²) in [5, 5.41) is 19.7. The van der Waals surface area contributed by atoms with Gasteiger partial charge in [-0.1, -0.05) is 33.6 Å². The van der Waals surface area contributed by atoms with E-state index in [2.05, 4.69) is 22.5 Å². The van der Waals surface area contributed by atoms with Crippen LogP contribution >= 0.6 is 27.5 Å². The van der Waals surface area contributed by atoms with E-state index in [1.807, 2.05) is 0 Å². The van der Waals surface area contributed by atoms with Crippen LogP contribution in [-0.4, -0.2) is 75.2 Å². The van der Waals surface area contributed by atoms with Crippen LogP contribution in [0.4, 0.5) is 5.69 Å². The van der Waals surface area contributed by atoms with E-state index in [0.717, 1.165) is 0 Å². The van der Waals surface area contributed by atoms with E-state index in [1.54, 1.807) is 30.3 Å². The second-order valence-corrected chi connectivity index (χ2v) is 9.94. The maximum atomic E-state index is 14.0. The van der Waals surface area contributed by atoms with E-state index in [4.69, 9.17) is 16.3 Å². The number of alkyl halides is 1. The number of aliphatic carboxylic acids is 1. The van der Waals surface area contributed by atoms with E-state index < -0.39 is 41.5 Å². The van der Waals surface area contributed by atoms with E-state index in [0.29, 0.717) is 17.1 Å². The molecule has 10 heteroatoms. The number of carboxylic acids is 1. The van der Waals surface area contributed by atoms with Gasteiger partial charge < -0.3 is 24.7 Å². The smallest absolute Gasteiger partial charge is 0.310 e. The lowest BCUT2D eigenvalue weighted by molar-refractivity contribution is -0.149. The zero-order valence-electron chi connectivity index (χ0n) is 17.2. The van der Waals surface area contributed by atoms with Crippen molar-refractivity contribution in [1.82, 2.24) is 4.90 Å². The molecule has 3 heterocycles. The minimum atomic E-state index is -1.25. The van der Waals surface area contributed by atoms with Crippen LogP contribution in [0.2, 0.25) is 5.02 Å². The molecule has 8 nitrogen and oxygen atoms in total. The minimum Gasteiger partial charge on any atom is -0.481 e. The van der Waals surface area contributed by atoms with Gasteiger partial charge in [0.15, 0.2) is 0 Å². The number of likely N-dealkylation sites (tertiary alicyclic amines) is 1. The summed E-state index contributed by atoms with van der Waals surface area (Å²) in [7, 11) is 0. The quantitative estimate of drug-likeness (QED) is 0.396. The van der Waals surface area contributed by atoms with Crippen molar-refractivity contribution in [2.75, 3.05) is 24.6 Å². The number of hydrogen-bond acceptors (Lipinski definition) is 5. The molecule has 172 valence electrons. The van der Waals surface area contributed by atoms with Gasteiger partial charge in [0.1, 0.15) is 11.6 Å². The van der Waals surface area contributed by atoms with Crippen LogP contribution in [0.15, 0.2) is 36.9 Å². The van der Waals surface area contributed by atoms with Gasteiger partial charge in [-0.3, -0.25) is 14.4 Å². The molecule has 0 aromatic heterocycles. The summed E-state index contributed by atoms with van der Waals surface area (Å²) < 4.78 is 6.22. The topological polar surface area (TPSA) is 107 Å². The van der Waals surface area contributed by atoms with E-state index in [9.17, 15) is 24.6 Å². The van der Waals surface area contributed by atoms with E-state index in [1.165, 1.54) is 9.80 Å². The van der Waals surface area contributed by atoms with Crippen molar-refractivity contribution >= 4 is 51.0 Å². The van der Waals surface area contributed by atoms with Gasteiger partial charge in [-0.15, -0.1) is 6.58 Å². The third kappa shape index (κ3) is 3.46. The zero-order valence-corrected chi connectivity index (χ0v) is 19.5. The van der Waals surface area contributed by atoms with Crippen LogP contribution in [0.5, 0.6) is 0 Å². The number of rotatable bonds is 8. The van der Waals surface area contributed by atoms with E-state index in [-0.39, 0.29) is 36.9 Å². The summed E-state index contributed by atoms with van der Waals surface area (Å²) in [6, 6.07) is 5.72. The molecule has 1 spiro atoms. The Kier molecular flexibility index (Phi) is 6.37. The largest absolute Gasteiger partial charge is 0.481 e. The summed E-state index contributed by atoms with van der Waals surface area (Å²) in [5.41, 5.74) is -0.677. The maximum absolute atomic E-state index is 14.0. The number of ether oxygens (including phenoxy) is 1. The first kappa shape index (κ1) is 23.2. The molecule has 0 radical (unpaired) electrons. The Bertz CT molecular complexity index is 943. The summed E-state index contributed by atoms with van der Waals surface area (Å²) >= 11 is 9.51. The number of aliphatic hydroxyl groups is 1. The Morgan fingerprint density at radius 2 is 2.06 bits per heavy atom. The fourth-order valence-corrected chi connectivity index (χ4v) is 6.46. The number of hydrogen-bond donors (Lipinski definition) is 2. The lowest BCUT2D eigenvalue weighted by Crippen LogP contribution is -2.57. The van der Waals surface area contributed by atoms with Gasteiger partial charge in [-0.05, 0) is 37.1 Å². The molecule has 3 fully saturated rings. The van der Waals surface area contributed by atoms with Crippen molar-refractivity contribution in [3.63, 3.8) is 0 Å². The number of carbonyl (C=O) groups is 3. The van der Waals surface area contributed by atoms with Crippen molar-refractivity contribution < 1.29 is 29.3 Å². The number of benzene rings is 1. The van der Waals surface area contributed by atoms with Crippen LogP contribution < -0.4 is 4.90 Å². The number of anilines is 1. The third-order valence-corrected chi connectivity index (χ3v) is 7.68. The predicted molar refractivity (Wildman–Crippen MR) is 121 cm³/mol. The molecule has 32 heavy (non-hydrogen) atoms. The van der Waals surface area contributed by atoms with Gasteiger partial charge >= 0.3 is 5.97 Å². The highest BCUT2D eigenvalue weighted by molar-refractivity contribution is 9.09. The predicted octanol–water partition coefficient (Wildman–Crippen LogP) is 2.07. The normalized spacial score (nSPS) is 32.8. The number of aliphatic hydroxyl groups excluding tert-OH is 1. The average molecular weight is 528 g/mol. The number of nitrogens with zero attached hydrogens (tertiary/aromatic N) is 2. The first-order valence-corrected chi connectivity index (χ1v) is 11.7. The molecule has 3 aliphatic heterocycles. The number of amides is 2. The highest BCUT2D eigenvalue weighted by Crippen LogP contribution is 2.60. The lowest BCUT2D eigenvalue weighted by atomic mass is 9.70. The molecule has 0 saturated carbocycles. The summed E-state index contributed by atoms with van der Waals surface area (Å²) in [5.74, 6) is -3.91. The standard InChI is InChI=1S/C22H24BrClN2O6/c1-2-8-25(13-6-4-12(24)5-7-13)20(29)18-22-11-14(23)17(32-22)15(21(30)31)16(22)19(28)26(18)9-3-10-27/h2,4-7,14-18,27H,1,3,8-11H2,(H,30,31)/t14?,15-,16+,17-,18-,22+/m0/s1. The summed E-state index contributed by atoms with van der Waals surface area (Å²) in [6.07, 6.45) is 1.49. The van der Waals surface area contributed by atoms with Gasteiger partial charge in [0.2, 0.25) is 5.91 Å². The van der Waals surface area contributed by atoms with Crippen molar-refractivity contribution in [1.29, 1.82) is 0 Å². The Labute approximate surface area is 198 Å². The lowest BCUT2D eigenvalue weighted by Gasteiger charge is -2.37. The summed E-state index contributed by atoms with van der Waals surface area (Å²) in [6.45, 7) is 3.89. The van der Waals surface area contributed by atoms with Crippen molar-refractivity contribution in [2.45, 2.75) is 35.4 Å². The Balaban J connectivity index is 1.79. The molecule has 4 rings (SSSR count). The fraction of sp³-hybridized carbons (Fsp3) is 0.500. The van der Waals surface area contributed by atoms with Gasteiger partial charge in [0.05, 0.1) is 17.9 Å². The van der Waals surface area contributed by atoms with Gasteiger partial charge in [0, 0.05) is 35.2 Å². The summed E-state index contributed by atoms with van der Waals surface area (Å²) in [4.78, 5) is 42.1. The van der Waals surface area contributed by atoms with Crippen molar-refractivity contribution in [3.8, 4) is 0 Å². The number of fused-ring (bicyclic) bond motifs is 1. The Morgan fingerprint density at radius 1 is 1.38 bits per heavy atom. The molecular formula is C22H24BrClN2O6. The molecule has 2 amide bonds. The third-order valence-electron chi connectivity index (χ3n) is 6.58. The molecular weight excluding hydrogens is 504 g/mol. The molecule has 2 bridgehead atoms. The number of carbonyl (C=O) groups excluding carboxylic acids is 2. The van der Waals surface area contributed by atoms with Gasteiger partial charge in [-0.2, -0.15) is 0 Å². The molecule has 3 saturated heterocycles. The molecule has 1 aromatic rings. The van der Waals surface area contributed by atoms with E-state index >= 15 is 0 Å². The fourth-order valence-electron chi connectivity index (χ4n) is 5.39. The monoisotopic (exact) mass is 526 g/mol. The van der Waals surface area contributed by atoms with Crippen LogP contribution in [0, 0.1) is 11.8 Å².